The van der Waals surface area contributed by atoms with Gasteiger partial charge in [0.05, 0.1) is 25.4 Å². The van der Waals surface area contributed by atoms with Crippen LogP contribution in [0.5, 0.6) is 0 Å². The zero-order chi connectivity index (χ0) is 25.3. The van der Waals surface area contributed by atoms with E-state index in [0.717, 1.165) is 31.6 Å². The van der Waals surface area contributed by atoms with Gasteiger partial charge in [0, 0.05) is 35.7 Å². The lowest BCUT2D eigenvalue weighted by molar-refractivity contribution is -0.169. The van der Waals surface area contributed by atoms with Crippen LogP contribution in [-0.2, 0) is 25.7 Å². The van der Waals surface area contributed by atoms with Gasteiger partial charge in [-0.15, -0.1) is 4.99 Å². The molecule has 2 fully saturated rings. The molecule has 4 N–H and O–H groups in total. The first-order chi connectivity index (χ1) is 17.5. The van der Waals surface area contributed by atoms with Crippen LogP contribution in [0.3, 0.4) is 0 Å². The Bertz CT molecular complexity index is 1090. The molecule has 2 saturated heterocycles. The smallest absolute Gasteiger partial charge is 0.437 e. The lowest BCUT2D eigenvalue weighted by atomic mass is 10.1. The fourth-order valence-corrected chi connectivity index (χ4v) is 3.60. The standard InChI is InChI=1S/C23H28FN7O5/c24-20-15(14-35-23(32)29-21(25)26)4-3-5-18(20)16-10-27-22(28-11-16)31-12-17(13-31)30-36-9-8-34-19-6-1-2-7-33-19/h3-5,10-11,19H,1-2,6-9,12-14H2,(H4,25,26,29,32). The van der Waals surface area contributed by atoms with Crippen molar-refractivity contribution in [3.05, 3.63) is 42.0 Å². The Morgan fingerprint density at radius 1 is 1.19 bits per heavy atom. The second-order valence-corrected chi connectivity index (χ2v) is 8.16. The van der Waals surface area contributed by atoms with Crippen molar-refractivity contribution in [1.82, 2.24) is 9.97 Å². The number of ether oxygens (including phenoxy) is 3. The zero-order valence-corrected chi connectivity index (χ0v) is 19.6. The van der Waals surface area contributed by atoms with Gasteiger partial charge in [0.2, 0.25) is 5.95 Å². The van der Waals surface area contributed by atoms with Crippen molar-refractivity contribution in [3.63, 3.8) is 0 Å². The van der Waals surface area contributed by atoms with Gasteiger partial charge in [-0.3, -0.25) is 0 Å². The quantitative estimate of drug-likeness (QED) is 0.225. The van der Waals surface area contributed by atoms with Crippen molar-refractivity contribution in [1.29, 1.82) is 0 Å². The first-order valence-electron chi connectivity index (χ1n) is 11.5. The SMILES string of the molecule is NC(N)=NC(=O)OCc1cccc(-c2cnc(N3CC(=NOCCOC4CCCCO4)C3)nc2)c1F. The second kappa shape index (κ2) is 12.2. The van der Waals surface area contributed by atoms with Crippen LogP contribution in [0.4, 0.5) is 15.1 Å². The van der Waals surface area contributed by atoms with E-state index in [-0.39, 0.29) is 24.0 Å². The van der Waals surface area contributed by atoms with Crippen molar-refractivity contribution < 1.29 is 28.2 Å². The Hall–Kier alpha value is -3.84. The third-order valence-electron chi connectivity index (χ3n) is 5.44. The number of nitrogens with two attached hydrogens (primary N) is 2. The van der Waals surface area contributed by atoms with E-state index in [1.165, 1.54) is 18.5 Å². The van der Waals surface area contributed by atoms with Crippen LogP contribution in [0, 0.1) is 5.82 Å². The van der Waals surface area contributed by atoms with Crippen LogP contribution in [0.25, 0.3) is 11.1 Å². The summed E-state index contributed by atoms with van der Waals surface area (Å²) in [5.41, 5.74) is 12.0. The highest BCUT2D eigenvalue weighted by Crippen LogP contribution is 2.26. The number of aromatic nitrogens is 2. The molecule has 2 aliphatic rings. The number of hydrogen-bond acceptors (Lipinski definition) is 9. The summed E-state index contributed by atoms with van der Waals surface area (Å²) >= 11 is 0. The van der Waals surface area contributed by atoms with E-state index >= 15 is 0 Å². The zero-order valence-electron chi connectivity index (χ0n) is 19.6. The molecule has 0 bridgehead atoms. The number of hydrogen-bond donors (Lipinski definition) is 2. The number of oxime groups is 1. The Balaban J connectivity index is 1.24. The number of aliphatic imine (C=N–C) groups is 1. The Morgan fingerprint density at radius 3 is 2.72 bits per heavy atom. The maximum Gasteiger partial charge on any atom is 0.437 e. The fraction of sp³-hybridized carbons (Fsp3) is 0.435. The van der Waals surface area contributed by atoms with E-state index in [9.17, 15) is 9.18 Å². The van der Waals surface area contributed by atoms with Crippen molar-refractivity contribution in [2.24, 2.45) is 21.6 Å². The van der Waals surface area contributed by atoms with Gasteiger partial charge in [0.25, 0.3) is 0 Å². The van der Waals surface area contributed by atoms with E-state index < -0.39 is 17.9 Å². The van der Waals surface area contributed by atoms with Crippen LogP contribution in [-0.4, -0.2) is 66.9 Å². The molecule has 1 aromatic carbocycles. The summed E-state index contributed by atoms with van der Waals surface area (Å²) in [6.07, 6.45) is 5.04. The van der Waals surface area contributed by atoms with Crippen molar-refractivity contribution in [3.8, 4) is 11.1 Å². The lowest BCUT2D eigenvalue weighted by Crippen LogP contribution is -2.48. The largest absolute Gasteiger partial charge is 0.443 e. The molecule has 0 aliphatic carbocycles. The predicted molar refractivity (Wildman–Crippen MR) is 129 cm³/mol. The average molecular weight is 502 g/mol. The highest BCUT2D eigenvalue weighted by Gasteiger charge is 2.25. The lowest BCUT2D eigenvalue weighted by Gasteiger charge is -2.31. The molecular formula is C23H28FN7O5. The normalized spacial score (nSPS) is 17.2. The molecule has 0 saturated carbocycles. The van der Waals surface area contributed by atoms with Crippen molar-refractivity contribution in [2.45, 2.75) is 32.2 Å². The molecule has 192 valence electrons. The molecule has 3 heterocycles. The number of carbonyl (C=O) groups is 1. The summed E-state index contributed by atoms with van der Waals surface area (Å²) in [5, 5.41) is 4.11. The molecule has 2 aromatic rings. The first-order valence-corrected chi connectivity index (χ1v) is 11.5. The summed E-state index contributed by atoms with van der Waals surface area (Å²) in [7, 11) is 0. The van der Waals surface area contributed by atoms with Crippen LogP contribution in [0.15, 0.2) is 40.7 Å². The Kier molecular flexibility index (Phi) is 8.57. The molecule has 4 rings (SSSR count). The van der Waals surface area contributed by atoms with Gasteiger partial charge in [0.1, 0.15) is 19.0 Å². The summed E-state index contributed by atoms with van der Waals surface area (Å²) in [6, 6.07) is 4.72. The monoisotopic (exact) mass is 501 g/mol. The molecule has 0 radical (unpaired) electrons. The van der Waals surface area contributed by atoms with Gasteiger partial charge in [-0.05, 0) is 19.3 Å². The third kappa shape index (κ3) is 6.86. The number of benzene rings is 1. The minimum atomic E-state index is -1.00. The van der Waals surface area contributed by atoms with E-state index in [0.29, 0.717) is 37.8 Å². The maximum atomic E-state index is 14.9. The molecule has 36 heavy (non-hydrogen) atoms. The molecule has 1 atom stereocenters. The van der Waals surface area contributed by atoms with Crippen LogP contribution in [0.2, 0.25) is 0 Å². The van der Waals surface area contributed by atoms with Crippen molar-refractivity contribution in [2.75, 3.05) is 37.8 Å². The highest BCUT2D eigenvalue weighted by molar-refractivity contribution is 5.98. The van der Waals surface area contributed by atoms with Gasteiger partial charge in [-0.2, -0.15) is 0 Å². The summed E-state index contributed by atoms with van der Waals surface area (Å²) in [5.74, 6) is -0.492. The second-order valence-electron chi connectivity index (χ2n) is 8.16. The first kappa shape index (κ1) is 25.3. The average Bonchev–Trinajstić information content (AvgIpc) is 2.85. The van der Waals surface area contributed by atoms with Gasteiger partial charge >= 0.3 is 6.09 Å². The third-order valence-corrected chi connectivity index (χ3v) is 5.44. The molecule has 1 amide bonds. The van der Waals surface area contributed by atoms with Gasteiger partial charge < -0.3 is 35.4 Å². The van der Waals surface area contributed by atoms with Gasteiger partial charge in [-0.1, -0.05) is 23.4 Å². The number of anilines is 1. The van der Waals surface area contributed by atoms with Crippen LogP contribution in [0.1, 0.15) is 24.8 Å². The number of guanidine groups is 1. The predicted octanol–water partition coefficient (Wildman–Crippen LogP) is 1.93. The number of carbonyl (C=O) groups excluding carboxylic acids is 1. The summed E-state index contributed by atoms with van der Waals surface area (Å²) in [4.78, 5) is 30.6. The van der Waals surface area contributed by atoms with Crippen molar-refractivity contribution >= 4 is 23.7 Å². The van der Waals surface area contributed by atoms with E-state index in [4.69, 9.17) is 30.5 Å². The Labute approximate surface area is 207 Å². The van der Waals surface area contributed by atoms with E-state index in [2.05, 4.69) is 20.1 Å². The molecule has 1 aromatic heterocycles. The molecule has 13 heteroatoms. The molecule has 1 unspecified atom stereocenters. The number of nitrogens with zero attached hydrogens (tertiary/aromatic N) is 5. The molecular weight excluding hydrogens is 473 g/mol. The van der Waals surface area contributed by atoms with E-state index in [1.54, 1.807) is 12.1 Å². The molecule has 0 spiro atoms. The Morgan fingerprint density at radius 2 is 2.00 bits per heavy atom. The van der Waals surface area contributed by atoms with Crippen LogP contribution >= 0.6 is 0 Å². The minimum absolute atomic E-state index is 0.140. The maximum absolute atomic E-state index is 14.9. The summed E-state index contributed by atoms with van der Waals surface area (Å²) in [6.45, 7) is 2.27. The summed E-state index contributed by atoms with van der Waals surface area (Å²) < 4.78 is 30.9. The van der Waals surface area contributed by atoms with Gasteiger partial charge in [0.15, 0.2) is 12.2 Å². The highest BCUT2D eigenvalue weighted by atomic mass is 19.1. The number of amides is 1. The fourth-order valence-electron chi connectivity index (χ4n) is 3.60. The topological polar surface area (TPSA) is 160 Å². The van der Waals surface area contributed by atoms with Gasteiger partial charge in [-0.25, -0.2) is 19.2 Å². The van der Waals surface area contributed by atoms with Crippen LogP contribution < -0.4 is 16.4 Å². The number of rotatable bonds is 9. The molecule has 2 aliphatic heterocycles. The molecule has 12 nitrogen and oxygen atoms in total. The van der Waals surface area contributed by atoms with E-state index in [1.807, 2.05) is 4.90 Å². The minimum Gasteiger partial charge on any atom is -0.443 e. The number of halogens is 1.